The second-order valence-electron chi connectivity index (χ2n) is 18.8. The van der Waals surface area contributed by atoms with Gasteiger partial charge in [0.05, 0.1) is 85.5 Å². The number of halogens is 6. The van der Waals surface area contributed by atoms with E-state index in [1.807, 2.05) is 24.3 Å². The standard InChI is InChI=1S/C66H34F6N6/c67-65(68,69)53-3-1-2-47(28-53)52-33-62(77-58-24-20-48(43-12-4-39(35-73)5-13-43)29-54(58)55-30-49(21-25-59(55)77)44-14-6-40(36-74)7-15-44)64(66(70,71)72)63(34-52)78-60-26-22-50(45-16-8-41(37-75)9-17-45)31-56(60)57-32-51(23-27-61(57)78)46-18-10-42(38-76)11-19-46/h1-34H. The van der Waals surface area contributed by atoms with E-state index >= 15 is 13.2 Å². The molecule has 0 radical (unpaired) electrons. The van der Waals surface area contributed by atoms with Crippen molar-refractivity contribution in [2.24, 2.45) is 0 Å². The Labute approximate surface area is 441 Å². The van der Waals surface area contributed by atoms with E-state index in [1.54, 1.807) is 146 Å². The van der Waals surface area contributed by atoms with Gasteiger partial charge < -0.3 is 9.13 Å². The zero-order valence-corrected chi connectivity index (χ0v) is 40.6. The molecule has 0 aliphatic rings. The minimum atomic E-state index is -5.10. The third-order valence-corrected chi connectivity index (χ3v) is 14.3. The number of nitrogens with zero attached hydrogens (tertiary/aromatic N) is 6. The highest BCUT2D eigenvalue weighted by Crippen LogP contribution is 2.48. The van der Waals surface area contributed by atoms with Crippen LogP contribution in [0.25, 0.3) is 111 Å². The Morgan fingerprint density at radius 3 is 0.833 bits per heavy atom. The lowest BCUT2D eigenvalue weighted by Gasteiger charge is -2.23. The van der Waals surface area contributed by atoms with Gasteiger partial charge in [0, 0.05) is 21.5 Å². The fourth-order valence-corrected chi connectivity index (χ4v) is 10.5. The molecule has 12 heteroatoms. The maximum atomic E-state index is 17.0. The Morgan fingerprint density at radius 2 is 0.564 bits per heavy atom. The summed E-state index contributed by atoms with van der Waals surface area (Å²) in [6.45, 7) is 0. The molecule has 6 nitrogen and oxygen atoms in total. The molecule has 78 heavy (non-hydrogen) atoms. The minimum absolute atomic E-state index is 0.0278. The summed E-state index contributed by atoms with van der Waals surface area (Å²) < 4.78 is 97.7. The number of aromatic nitrogens is 2. The molecule has 370 valence electrons. The summed E-state index contributed by atoms with van der Waals surface area (Å²) in [5.41, 5.74) is 6.53. The first-order valence-corrected chi connectivity index (χ1v) is 24.3. The monoisotopic (exact) mass is 1020 g/mol. The molecule has 0 bridgehead atoms. The van der Waals surface area contributed by atoms with Crippen LogP contribution in [-0.4, -0.2) is 9.13 Å². The molecule has 0 fully saturated rings. The molecule has 0 saturated carbocycles. The number of hydrogen-bond donors (Lipinski definition) is 0. The van der Waals surface area contributed by atoms with Crippen molar-refractivity contribution in [3.63, 3.8) is 0 Å². The number of benzene rings is 10. The number of rotatable bonds is 7. The highest BCUT2D eigenvalue weighted by molar-refractivity contribution is 6.14. The average Bonchev–Trinajstić information content (AvgIpc) is 4.21. The number of alkyl halides is 6. The highest BCUT2D eigenvalue weighted by atomic mass is 19.4. The van der Waals surface area contributed by atoms with Crippen LogP contribution in [0, 0.1) is 45.3 Å². The van der Waals surface area contributed by atoms with Crippen molar-refractivity contribution in [2.45, 2.75) is 12.4 Å². The highest BCUT2D eigenvalue weighted by Gasteiger charge is 2.40. The summed E-state index contributed by atoms with van der Waals surface area (Å²) in [4.78, 5) is 0. The van der Waals surface area contributed by atoms with Crippen LogP contribution in [-0.2, 0) is 12.4 Å². The third-order valence-electron chi connectivity index (χ3n) is 14.3. The summed E-state index contributed by atoms with van der Waals surface area (Å²) in [5.74, 6) is 0. The van der Waals surface area contributed by atoms with Crippen LogP contribution in [0.5, 0.6) is 0 Å². The van der Waals surface area contributed by atoms with Crippen LogP contribution in [0.2, 0.25) is 0 Å². The molecule has 0 aliphatic carbocycles. The Bertz CT molecular complexity index is 4110. The molecule has 0 spiro atoms. The second-order valence-corrected chi connectivity index (χ2v) is 18.8. The maximum absolute atomic E-state index is 17.0. The first-order valence-electron chi connectivity index (χ1n) is 24.3. The summed E-state index contributed by atoms with van der Waals surface area (Å²) in [5, 5.41) is 40.5. The molecule has 12 rings (SSSR count). The first kappa shape index (κ1) is 48.3. The fourth-order valence-electron chi connectivity index (χ4n) is 10.5. The summed E-state index contributed by atoms with van der Waals surface area (Å²) in [6.07, 6.45) is -9.87. The first-order chi connectivity index (χ1) is 37.7. The van der Waals surface area contributed by atoms with Crippen LogP contribution < -0.4 is 0 Å². The van der Waals surface area contributed by atoms with E-state index in [-0.39, 0.29) is 22.5 Å². The van der Waals surface area contributed by atoms with Gasteiger partial charge in [0.1, 0.15) is 5.56 Å². The van der Waals surface area contributed by atoms with Gasteiger partial charge in [-0.3, -0.25) is 0 Å². The molecular weight excluding hydrogens is 991 g/mol. The topological polar surface area (TPSA) is 105 Å². The van der Waals surface area contributed by atoms with Gasteiger partial charge in [-0.2, -0.15) is 47.4 Å². The van der Waals surface area contributed by atoms with Crippen LogP contribution >= 0.6 is 0 Å². The molecular formula is C66H34F6N6. The van der Waals surface area contributed by atoms with Gasteiger partial charge in [0.25, 0.3) is 0 Å². The fraction of sp³-hybridized carbons (Fsp3) is 0.0303. The van der Waals surface area contributed by atoms with E-state index in [2.05, 4.69) is 24.3 Å². The van der Waals surface area contributed by atoms with Crippen molar-refractivity contribution in [1.82, 2.24) is 9.13 Å². The summed E-state index contributed by atoms with van der Waals surface area (Å²) in [6, 6.07) is 65.0. The van der Waals surface area contributed by atoms with Gasteiger partial charge in [0.15, 0.2) is 0 Å². The van der Waals surface area contributed by atoms with E-state index < -0.39 is 23.5 Å². The van der Waals surface area contributed by atoms with Crippen molar-refractivity contribution in [3.05, 3.63) is 240 Å². The Kier molecular flexibility index (Phi) is 11.5. The quantitative estimate of drug-likeness (QED) is 0.148. The predicted octanol–water partition coefficient (Wildman–Crippen LogP) is 17.7. The predicted molar refractivity (Wildman–Crippen MR) is 291 cm³/mol. The van der Waals surface area contributed by atoms with Crippen LogP contribution in [0.4, 0.5) is 26.3 Å². The van der Waals surface area contributed by atoms with Gasteiger partial charge in [-0.15, -0.1) is 0 Å². The Balaban J connectivity index is 1.20. The molecule has 2 heterocycles. The van der Waals surface area contributed by atoms with Gasteiger partial charge in [-0.05, 0) is 177 Å². The van der Waals surface area contributed by atoms with Crippen molar-refractivity contribution < 1.29 is 26.3 Å². The van der Waals surface area contributed by atoms with Gasteiger partial charge >= 0.3 is 12.4 Å². The molecule has 0 N–H and O–H groups in total. The van der Waals surface area contributed by atoms with Crippen LogP contribution in [0.1, 0.15) is 33.4 Å². The molecule has 10 aromatic carbocycles. The SMILES string of the molecule is N#Cc1ccc(-c2ccc3c(c2)c2cc(-c4ccc(C#N)cc4)ccc2n3-c2cc(-c3cccc(C(F)(F)F)c3)cc(-n3c4ccc(-c5ccc(C#N)cc5)cc4c4cc(-c5ccc(C#N)cc5)ccc43)c2C(F)(F)F)cc1. The Hall–Kier alpha value is -10.7. The van der Waals surface area contributed by atoms with Crippen LogP contribution in [0.15, 0.2) is 206 Å². The van der Waals surface area contributed by atoms with E-state index in [1.165, 1.54) is 33.4 Å². The van der Waals surface area contributed by atoms with Gasteiger partial charge in [-0.25, -0.2) is 0 Å². The zero-order chi connectivity index (χ0) is 54.0. The zero-order valence-electron chi connectivity index (χ0n) is 40.6. The molecule has 0 aliphatic heterocycles. The smallest absolute Gasteiger partial charge is 0.309 e. The molecule has 0 atom stereocenters. The Morgan fingerprint density at radius 1 is 0.282 bits per heavy atom. The van der Waals surface area contributed by atoms with Crippen molar-refractivity contribution in [3.8, 4) is 91.3 Å². The van der Waals surface area contributed by atoms with Crippen molar-refractivity contribution >= 4 is 43.6 Å². The lowest BCUT2D eigenvalue weighted by Crippen LogP contribution is -2.16. The van der Waals surface area contributed by atoms with Crippen LogP contribution in [0.3, 0.4) is 0 Å². The lowest BCUT2D eigenvalue weighted by molar-refractivity contribution is -0.138. The van der Waals surface area contributed by atoms with E-state index in [9.17, 15) is 34.2 Å². The molecule has 0 unspecified atom stereocenters. The molecule has 2 aromatic heterocycles. The second kappa shape index (κ2) is 18.6. The molecule has 0 saturated heterocycles. The summed E-state index contributed by atoms with van der Waals surface area (Å²) >= 11 is 0. The number of nitriles is 4. The maximum Gasteiger partial charge on any atom is 0.420 e. The average molecular weight is 1030 g/mol. The van der Waals surface area contributed by atoms with E-state index in [4.69, 9.17) is 0 Å². The largest absolute Gasteiger partial charge is 0.420 e. The minimum Gasteiger partial charge on any atom is -0.309 e. The van der Waals surface area contributed by atoms with Crippen molar-refractivity contribution in [2.75, 3.05) is 0 Å². The molecule has 12 aromatic rings. The lowest BCUT2D eigenvalue weighted by atomic mass is 9.97. The molecule has 0 amide bonds. The van der Waals surface area contributed by atoms with E-state index in [0.717, 1.165) is 56.6 Å². The number of fused-ring (bicyclic) bond motifs is 6. The van der Waals surface area contributed by atoms with Gasteiger partial charge in [-0.1, -0.05) is 84.9 Å². The van der Waals surface area contributed by atoms with E-state index in [0.29, 0.717) is 65.9 Å². The van der Waals surface area contributed by atoms with Crippen molar-refractivity contribution in [1.29, 1.82) is 21.0 Å². The third kappa shape index (κ3) is 8.41. The number of hydrogen-bond acceptors (Lipinski definition) is 4. The summed E-state index contributed by atoms with van der Waals surface area (Å²) in [7, 11) is 0. The van der Waals surface area contributed by atoms with Gasteiger partial charge in [0.2, 0.25) is 0 Å². The normalized spacial score (nSPS) is 11.7.